The molecule has 1 saturated heterocycles. The van der Waals surface area contributed by atoms with Gasteiger partial charge in [0.1, 0.15) is 17.5 Å². The van der Waals surface area contributed by atoms with Crippen molar-refractivity contribution in [3.63, 3.8) is 0 Å². The van der Waals surface area contributed by atoms with Gasteiger partial charge in [0.25, 0.3) is 5.91 Å². The molecule has 1 amide bonds. The van der Waals surface area contributed by atoms with Crippen molar-refractivity contribution in [2.75, 3.05) is 43.1 Å². The Morgan fingerprint density at radius 3 is 2.55 bits per heavy atom. The van der Waals surface area contributed by atoms with Crippen LogP contribution in [0.1, 0.15) is 21.5 Å². The minimum Gasteiger partial charge on any atom is -0.493 e. The third-order valence-electron chi connectivity index (χ3n) is 6.01. The molecular weight excluding hydrogens is 428 g/mol. The molecule has 1 N–H and O–H groups in total. The van der Waals surface area contributed by atoms with Gasteiger partial charge in [0.2, 0.25) is 0 Å². The highest BCUT2D eigenvalue weighted by Gasteiger charge is 2.34. The van der Waals surface area contributed by atoms with Crippen LogP contribution in [0.2, 0.25) is 0 Å². The first-order valence-corrected chi connectivity index (χ1v) is 10.7. The van der Waals surface area contributed by atoms with E-state index in [4.69, 9.17) is 9.72 Å². The zero-order valence-corrected chi connectivity index (χ0v) is 18.4. The third-order valence-corrected chi connectivity index (χ3v) is 6.01. The van der Waals surface area contributed by atoms with Gasteiger partial charge in [0.15, 0.2) is 11.6 Å². The number of fused-ring (bicyclic) bond motifs is 1. The quantitative estimate of drug-likeness (QED) is 0.657. The van der Waals surface area contributed by atoms with Crippen LogP contribution < -0.4 is 19.9 Å². The summed E-state index contributed by atoms with van der Waals surface area (Å²) in [6.45, 7) is 5.51. The Labute approximate surface area is 190 Å². The lowest BCUT2D eigenvalue weighted by molar-refractivity contribution is 0.0996. The molecule has 0 unspecified atom stereocenters. The van der Waals surface area contributed by atoms with Crippen molar-refractivity contribution in [2.24, 2.45) is 0 Å². The van der Waals surface area contributed by atoms with Crippen LogP contribution in [0.4, 0.5) is 20.4 Å². The first kappa shape index (κ1) is 21.3. The fraction of sp³-hybridized carbons (Fsp3) is 0.292. The van der Waals surface area contributed by atoms with E-state index in [1.165, 1.54) is 13.3 Å². The van der Waals surface area contributed by atoms with E-state index in [1.54, 1.807) is 11.0 Å². The number of anilines is 2. The third kappa shape index (κ3) is 3.68. The predicted molar refractivity (Wildman–Crippen MR) is 121 cm³/mol. The lowest BCUT2D eigenvalue weighted by Crippen LogP contribution is -2.44. The Morgan fingerprint density at radius 1 is 1.06 bits per heavy atom. The summed E-state index contributed by atoms with van der Waals surface area (Å²) in [4.78, 5) is 26.1. The molecule has 1 aromatic carbocycles. The van der Waals surface area contributed by atoms with Crippen LogP contribution in [0.25, 0.3) is 11.3 Å². The minimum atomic E-state index is -0.699. The van der Waals surface area contributed by atoms with Gasteiger partial charge >= 0.3 is 0 Å². The fourth-order valence-corrected chi connectivity index (χ4v) is 4.41. The summed E-state index contributed by atoms with van der Waals surface area (Å²) < 4.78 is 34.3. The standard InChI is InChI=1S/C24H23F2N5O2/c1-14-11-19(30-9-7-27-8-10-30)29-20(12-14)31-13-16-15(24(31)32)5-6-28-22(16)21-17(25)3-4-18(26)23(21)33-2/h3-6,11-12,27H,7-10,13H2,1-2H3. The normalized spacial score (nSPS) is 15.7. The number of nitrogens with zero attached hydrogens (tertiary/aromatic N) is 4. The summed E-state index contributed by atoms with van der Waals surface area (Å²) in [5, 5.41) is 3.32. The highest BCUT2D eigenvalue weighted by molar-refractivity contribution is 6.10. The number of hydrogen-bond acceptors (Lipinski definition) is 6. The maximum atomic E-state index is 14.8. The molecule has 1 fully saturated rings. The van der Waals surface area contributed by atoms with Crippen LogP contribution in [0, 0.1) is 18.6 Å². The average molecular weight is 451 g/mol. The van der Waals surface area contributed by atoms with Crippen molar-refractivity contribution in [2.45, 2.75) is 13.5 Å². The second kappa shape index (κ2) is 8.40. The first-order chi connectivity index (χ1) is 16.0. The van der Waals surface area contributed by atoms with Gasteiger partial charge in [-0.05, 0) is 42.8 Å². The molecule has 0 aliphatic carbocycles. The van der Waals surface area contributed by atoms with Crippen LogP contribution in [0.5, 0.6) is 5.75 Å². The summed E-state index contributed by atoms with van der Waals surface area (Å²) >= 11 is 0. The van der Waals surface area contributed by atoms with Crippen molar-refractivity contribution < 1.29 is 18.3 Å². The number of carbonyl (C=O) groups excluding carboxylic acids is 1. The molecule has 2 aliphatic heterocycles. The summed E-state index contributed by atoms with van der Waals surface area (Å²) in [5.74, 6) is -0.538. The van der Waals surface area contributed by atoms with E-state index in [9.17, 15) is 13.6 Å². The van der Waals surface area contributed by atoms with Gasteiger partial charge in [-0.15, -0.1) is 0 Å². The molecule has 0 radical (unpaired) electrons. The van der Waals surface area contributed by atoms with Crippen molar-refractivity contribution in [3.05, 3.63) is 64.9 Å². The molecule has 0 atom stereocenters. The minimum absolute atomic E-state index is 0.0947. The maximum absolute atomic E-state index is 14.8. The number of amides is 1. The highest BCUT2D eigenvalue weighted by Crippen LogP contribution is 2.40. The zero-order chi connectivity index (χ0) is 23.1. The number of aryl methyl sites for hydroxylation is 1. The van der Waals surface area contributed by atoms with E-state index in [1.807, 2.05) is 19.1 Å². The molecule has 2 aliphatic rings. The molecule has 4 heterocycles. The van der Waals surface area contributed by atoms with E-state index in [0.29, 0.717) is 16.9 Å². The van der Waals surface area contributed by atoms with Crippen LogP contribution in [0.3, 0.4) is 0 Å². The SMILES string of the molecule is COc1c(F)ccc(F)c1-c1nccc2c1CN(c1cc(C)cc(N3CCNCC3)n1)C2=O. The van der Waals surface area contributed by atoms with E-state index in [-0.39, 0.29) is 29.5 Å². The number of piperazine rings is 1. The van der Waals surface area contributed by atoms with Crippen LogP contribution in [-0.4, -0.2) is 49.2 Å². The molecule has 7 nitrogen and oxygen atoms in total. The predicted octanol–water partition coefficient (Wildman–Crippen LogP) is 3.31. The van der Waals surface area contributed by atoms with E-state index in [2.05, 4.69) is 15.2 Å². The van der Waals surface area contributed by atoms with Crippen molar-refractivity contribution >= 4 is 17.5 Å². The van der Waals surface area contributed by atoms with Crippen LogP contribution >= 0.6 is 0 Å². The number of halogens is 2. The smallest absolute Gasteiger partial charge is 0.260 e. The molecular formula is C24H23F2N5O2. The summed E-state index contributed by atoms with van der Waals surface area (Å²) in [6, 6.07) is 7.49. The Bertz CT molecular complexity index is 1240. The lowest BCUT2D eigenvalue weighted by Gasteiger charge is -2.29. The van der Waals surface area contributed by atoms with E-state index < -0.39 is 11.6 Å². The maximum Gasteiger partial charge on any atom is 0.260 e. The molecule has 33 heavy (non-hydrogen) atoms. The number of rotatable bonds is 4. The first-order valence-electron chi connectivity index (χ1n) is 10.7. The largest absolute Gasteiger partial charge is 0.493 e. The Kier molecular flexibility index (Phi) is 5.41. The molecule has 5 rings (SSSR count). The monoisotopic (exact) mass is 451 g/mol. The van der Waals surface area contributed by atoms with Gasteiger partial charge in [0, 0.05) is 43.5 Å². The van der Waals surface area contributed by atoms with Gasteiger partial charge < -0.3 is 15.0 Å². The number of carbonyl (C=O) groups is 1. The number of pyridine rings is 2. The second-order valence-corrected chi connectivity index (χ2v) is 8.11. The fourth-order valence-electron chi connectivity index (χ4n) is 4.41. The number of hydrogen-bond donors (Lipinski definition) is 1. The van der Waals surface area contributed by atoms with Gasteiger partial charge in [-0.25, -0.2) is 13.8 Å². The number of ether oxygens (including phenoxy) is 1. The summed E-state index contributed by atoms with van der Waals surface area (Å²) in [6.07, 6.45) is 1.43. The van der Waals surface area contributed by atoms with E-state index in [0.717, 1.165) is 49.7 Å². The molecule has 9 heteroatoms. The van der Waals surface area contributed by atoms with Gasteiger partial charge in [-0.2, -0.15) is 0 Å². The summed E-state index contributed by atoms with van der Waals surface area (Å²) in [5.41, 5.74) is 1.97. The number of methoxy groups -OCH3 is 1. The van der Waals surface area contributed by atoms with E-state index >= 15 is 0 Å². The number of nitrogens with one attached hydrogen (secondary N) is 1. The molecule has 0 spiro atoms. The topological polar surface area (TPSA) is 70.6 Å². The van der Waals surface area contributed by atoms with Crippen LogP contribution in [-0.2, 0) is 6.54 Å². The average Bonchev–Trinajstić information content (AvgIpc) is 3.17. The molecule has 3 aromatic rings. The molecule has 0 bridgehead atoms. The van der Waals surface area contributed by atoms with Crippen LogP contribution in [0.15, 0.2) is 36.5 Å². The molecule has 0 saturated carbocycles. The number of benzene rings is 1. The summed E-state index contributed by atoms with van der Waals surface area (Å²) in [7, 11) is 1.27. The van der Waals surface area contributed by atoms with Crippen molar-refractivity contribution in [3.8, 4) is 17.0 Å². The van der Waals surface area contributed by atoms with Gasteiger partial charge in [-0.1, -0.05) is 0 Å². The highest BCUT2D eigenvalue weighted by atomic mass is 19.1. The van der Waals surface area contributed by atoms with Gasteiger partial charge in [-0.3, -0.25) is 14.7 Å². The number of aromatic nitrogens is 2. The Balaban J connectivity index is 1.57. The second-order valence-electron chi connectivity index (χ2n) is 8.11. The lowest BCUT2D eigenvalue weighted by atomic mass is 10.0. The molecule has 2 aromatic heterocycles. The zero-order valence-electron chi connectivity index (χ0n) is 18.4. The Morgan fingerprint density at radius 2 is 1.79 bits per heavy atom. The Hall–Kier alpha value is -3.59. The van der Waals surface area contributed by atoms with Crippen molar-refractivity contribution in [1.29, 1.82) is 0 Å². The molecule has 170 valence electrons. The van der Waals surface area contributed by atoms with Gasteiger partial charge in [0.05, 0.1) is 24.9 Å². The van der Waals surface area contributed by atoms with Crippen molar-refractivity contribution in [1.82, 2.24) is 15.3 Å².